The van der Waals surface area contributed by atoms with Gasteiger partial charge in [0.15, 0.2) is 18.2 Å². The van der Waals surface area contributed by atoms with Gasteiger partial charge in [0.25, 0.3) is 15.8 Å². The number of fused-ring (bicyclic) bond motifs is 1. The molecule has 2 aliphatic rings. The second-order valence-corrected chi connectivity index (χ2v) is 7.91. The molecule has 1 aromatic carbocycles. The molecule has 0 aromatic heterocycles. The van der Waals surface area contributed by atoms with Gasteiger partial charge in [-0.05, 0) is 26.0 Å². The molecule has 0 N–H and O–H groups in total. The van der Waals surface area contributed by atoms with Crippen molar-refractivity contribution in [3.8, 4) is 0 Å². The zero-order valence-electron chi connectivity index (χ0n) is 14.4. The first-order valence-corrected chi connectivity index (χ1v) is 9.21. The number of non-ortho nitro benzene ring substituents is 1. The summed E-state index contributed by atoms with van der Waals surface area (Å²) in [6, 6.07) is 4.38. The van der Waals surface area contributed by atoms with E-state index in [9.17, 15) is 18.5 Å². The Morgan fingerprint density at radius 2 is 1.88 bits per heavy atom. The van der Waals surface area contributed by atoms with Gasteiger partial charge in [-0.1, -0.05) is 0 Å². The molecule has 144 valence electrons. The number of hydrogen-bond acceptors (Lipinski definition) is 9. The van der Waals surface area contributed by atoms with Crippen molar-refractivity contribution < 1.29 is 36.5 Å². The fraction of sp³-hybridized carbons (Fsp3) is 0.600. The summed E-state index contributed by atoms with van der Waals surface area (Å²) in [4.78, 5) is 9.86. The van der Waals surface area contributed by atoms with E-state index >= 15 is 0 Å². The minimum atomic E-state index is -4.24. The standard InChI is InChI=1S/C15H19NO9S/c1-15(2)23-11-8-22-14(21-3)13(12(11)24-15)25-26(19,20)10-6-4-9(5-7-10)16(17)18/h4-7,11-14H,8H2,1-3H3/t11-,12-,13-,14+/m1/s1. The maximum Gasteiger partial charge on any atom is 0.297 e. The Morgan fingerprint density at radius 1 is 1.23 bits per heavy atom. The smallest absolute Gasteiger partial charge is 0.297 e. The van der Waals surface area contributed by atoms with E-state index in [-0.39, 0.29) is 17.2 Å². The second kappa shape index (κ2) is 6.83. The molecule has 2 saturated heterocycles. The Labute approximate surface area is 150 Å². The third-order valence-corrected chi connectivity index (χ3v) is 5.37. The number of benzene rings is 1. The number of ether oxygens (including phenoxy) is 4. The van der Waals surface area contributed by atoms with Crippen LogP contribution in [0.1, 0.15) is 13.8 Å². The van der Waals surface area contributed by atoms with Gasteiger partial charge in [0, 0.05) is 19.2 Å². The lowest BCUT2D eigenvalue weighted by atomic mass is 10.1. The van der Waals surface area contributed by atoms with Crippen LogP contribution in [0.4, 0.5) is 5.69 Å². The van der Waals surface area contributed by atoms with Crippen molar-refractivity contribution in [2.75, 3.05) is 13.7 Å². The van der Waals surface area contributed by atoms with Gasteiger partial charge in [0.2, 0.25) is 0 Å². The Balaban J connectivity index is 1.85. The molecule has 1 aromatic rings. The van der Waals surface area contributed by atoms with Crippen LogP contribution in [0.3, 0.4) is 0 Å². The minimum absolute atomic E-state index is 0.171. The van der Waals surface area contributed by atoms with Crippen molar-refractivity contribution in [2.45, 2.75) is 49.1 Å². The van der Waals surface area contributed by atoms with Crippen LogP contribution in [0.5, 0.6) is 0 Å². The van der Waals surface area contributed by atoms with Gasteiger partial charge in [0.05, 0.1) is 16.4 Å². The van der Waals surface area contributed by atoms with Crippen molar-refractivity contribution in [3.05, 3.63) is 34.4 Å². The van der Waals surface area contributed by atoms with E-state index < -0.39 is 45.4 Å². The molecule has 4 atom stereocenters. The normalized spacial score (nSPS) is 30.7. The van der Waals surface area contributed by atoms with Gasteiger partial charge in [-0.3, -0.25) is 14.3 Å². The predicted molar refractivity (Wildman–Crippen MR) is 85.7 cm³/mol. The maximum absolute atomic E-state index is 12.6. The van der Waals surface area contributed by atoms with Crippen LogP contribution in [0.15, 0.2) is 29.2 Å². The van der Waals surface area contributed by atoms with E-state index in [1.165, 1.54) is 7.11 Å². The van der Waals surface area contributed by atoms with Crippen molar-refractivity contribution >= 4 is 15.8 Å². The quantitative estimate of drug-likeness (QED) is 0.415. The van der Waals surface area contributed by atoms with Gasteiger partial charge >= 0.3 is 0 Å². The van der Waals surface area contributed by atoms with E-state index in [1.54, 1.807) is 13.8 Å². The first-order valence-electron chi connectivity index (χ1n) is 7.81. The monoisotopic (exact) mass is 389 g/mol. The zero-order chi connectivity index (χ0) is 19.1. The minimum Gasteiger partial charge on any atom is -0.353 e. The molecule has 2 aliphatic heterocycles. The topological polar surface area (TPSA) is 123 Å². The summed E-state index contributed by atoms with van der Waals surface area (Å²) in [5, 5.41) is 10.7. The fourth-order valence-corrected chi connectivity index (χ4v) is 4.02. The van der Waals surface area contributed by atoms with E-state index in [2.05, 4.69) is 0 Å². The first-order chi connectivity index (χ1) is 12.1. The summed E-state index contributed by atoms with van der Waals surface area (Å²) in [5.41, 5.74) is -0.228. The van der Waals surface area contributed by atoms with Crippen LogP contribution >= 0.6 is 0 Å². The molecular formula is C15H19NO9S. The molecule has 0 unspecified atom stereocenters. The molecule has 0 radical (unpaired) electrons. The maximum atomic E-state index is 12.6. The van der Waals surface area contributed by atoms with Gasteiger partial charge in [-0.15, -0.1) is 0 Å². The van der Waals surface area contributed by atoms with Gasteiger partial charge in [-0.2, -0.15) is 8.42 Å². The lowest BCUT2D eigenvalue weighted by molar-refractivity contribution is -0.384. The lowest BCUT2D eigenvalue weighted by Gasteiger charge is -2.35. The first kappa shape index (κ1) is 19.1. The summed E-state index contributed by atoms with van der Waals surface area (Å²) in [6.07, 6.45) is -3.28. The molecule has 0 saturated carbocycles. The molecule has 0 bridgehead atoms. The highest BCUT2D eigenvalue weighted by Crippen LogP contribution is 2.37. The van der Waals surface area contributed by atoms with Crippen molar-refractivity contribution in [1.29, 1.82) is 0 Å². The van der Waals surface area contributed by atoms with Crippen LogP contribution in [0.25, 0.3) is 0 Å². The highest BCUT2D eigenvalue weighted by molar-refractivity contribution is 7.86. The van der Waals surface area contributed by atoms with Gasteiger partial charge in [-0.25, -0.2) is 0 Å². The molecule has 0 amide bonds. The van der Waals surface area contributed by atoms with Crippen LogP contribution in [-0.2, 0) is 33.2 Å². The number of nitrogens with zero attached hydrogens (tertiary/aromatic N) is 1. The number of nitro groups is 1. The predicted octanol–water partition coefficient (Wildman–Crippen LogP) is 1.19. The van der Waals surface area contributed by atoms with Crippen LogP contribution in [0.2, 0.25) is 0 Å². The number of methoxy groups -OCH3 is 1. The van der Waals surface area contributed by atoms with Gasteiger partial charge < -0.3 is 18.9 Å². The van der Waals surface area contributed by atoms with Crippen molar-refractivity contribution in [3.63, 3.8) is 0 Å². The molecule has 26 heavy (non-hydrogen) atoms. The fourth-order valence-electron chi connectivity index (χ4n) is 2.95. The Morgan fingerprint density at radius 3 is 2.46 bits per heavy atom. The molecule has 10 nitrogen and oxygen atoms in total. The zero-order valence-corrected chi connectivity index (χ0v) is 15.2. The number of nitro benzene ring substituents is 1. The SMILES string of the molecule is CO[C@H]1OC[C@H]2OC(C)(C)O[C@H]2[C@H]1OS(=O)(=O)c1ccc([N+](=O)[O-])cc1. The lowest BCUT2D eigenvalue weighted by Crippen LogP contribution is -2.54. The third kappa shape index (κ3) is 3.72. The summed E-state index contributed by atoms with van der Waals surface area (Å²) < 4.78 is 52.6. The summed E-state index contributed by atoms with van der Waals surface area (Å²) in [6.45, 7) is 3.58. The molecule has 2 fully saturated rings. The van der Waals surface area contributed by atoms with Crippen molar-refractivity contribution in [1.82, 2.24) is 0 Å². The van der Waals surface area contributed by atoms with E-state index in [0.717, 1.165) is 24.3 Å². The molecule has 2 heterocycles. The Hall–Kier alpha value is -1.63. The average Bonchev–Trinajstić information content (AvgIpc) is 2.89. The second-order valence-electron chi connectivity index (χ2n) is 6.34. The molecule has 0 spiro atoms. The molecule has 3 rings (SSSR count). The highest BCUT2D eigenvalue weighted by Gasteiger charge is 2.53. The van der Waals surface area contributed by atoms with Gasteiger partial charge in [0.1, 0.15) is 12.2 Å². The largest absolute Gasteiger partial charge is 0.353 e. The summed E-state index contributed by atoms with van der Waals surface area (Å²) >= 11 is 0. The molecule has 11 heteroatoms. The number of hydrogen-bond donors (Lipinski definition) is 0. The highest BCUT2D eigenvalue weighted by atomic mass is 32.2. The van der Waals surface area contributed by atoms with Crippen LogP contribution in [-0.4, -0.2) is 57.4 Å². The van der Waals surface area contributed by atoms with Crippen molar-refractivity contribution in [2.24, 2.45) is 0 Å². The summed E-state index contributed by atoms with van der Waals surface area (Å²) in [7, 11) is -2.88. The average molecular weight is 389 g/mol. The molecular weight excluding hydrogens is 370 g/mol. The Bertz CT molecular complexity index is 777. The molecule has 0 aliphatic carbocycles. The van der Waals surface area contributed by atoms with E-state index in [4.69, 9.17) is 23.1 Å². The van der Waals surface area contributed by atoms with E-state index in [1.807, 2.05) is 0 Å². The van der Waals surface area contributed by atoms with Crippen LogP contribution in [0, 0.1) is 10.1 Å². The van der Waals surface area contributed by atoms with E-state index in [0.29, 0.717) is 0 Å². The van der Waals surface area contributed by atoms with Crippen LogP contribution < -0.4 is 0 Å². The summed E-state index contributed by atoms with van der Waals surface area (Å²) in [5.74, 6) is -0.917. The third-order valence-electron chi connectivity index (χ3n) is 4.04. The number of rotatable bonds is 5. The Kier molecular flexibility index (Phi) is 5.03.